The lowest BCUT2D eigenvalue weighted by molar-refractivity contribution is 0.0737. The van der Waals surface area contributed by atoms with Crippen molar-refractivity contribution in [3.05, 3.63) is 23.8 Å². The number of nitrogens with zero attached hydrogens (tertiary/aromatic N) is 1. The number of nitrogen functional groups attached to an aromatic ring is 1. The molecule has 19 heavy (non-hydrogen) atoms. The fourth-order valence-electron chi connectivity index (χ4n) is 1.72. The molecular weight excluding hydrogens is 264 g/mol. The molecule has 0 aliphatic carbocycles. The second-order valence-corrected chi connectivity index (χ2v) is 6.72. The molecule has 6 heteroatoms. The van der Waals surface area contributed by atoms with Crippen molar-refractivity contribution in [3.8, 4) is 0 Å². The first-order valence-corrected chi connectivity index (χ1v) is 7.64. The van der Waals surface area contributed by atoms with Gasteiger partial charge < -0.3 is 10.5 Å². The lowest BCUT2D eigenvalue weighted by atomic mass is 10.2. The molecule has 0 heterocycles. The van der Waals surface area contributed by atoms with E-state index in [2.05, 4.69) is 0 Å². The Bertz CT molecular complexity index is 506. The summed E-state index contributed by atoms with van der Waals surface area (Å²) in [6, 6.07) is 5.08. The van der Waals surface area contributed by atoms with Crippen LogP contribution in [0.5, 0.6) is 0 Å². The summed E-state index contributed by atoms with van der Waals surface area (Å²) in [6.45, 7) is 6.22. The first kappa shape index (κ1) is 15.9. The van der Waals surface area contributed by atoms with Crippen LogP contribution in [-0.4, -0.2) is 39.0 Å². The van der Waals surface area contributed by atoms with Gasteiger partial charge in [-0.05, 0) is 32.4 Å². The molecule has 0 radical (unpaired) electrons. The minimum Gasteiger partial charge on any atom is -0.398 e. The summed E-state index contributed by atoms with van der Waals surface area (Å²) in [4.78, 5) is 0.182. The van der Waals surface area contributed by atoms with Gasteiger partial charge in [-0.15, -0.1) is 0 Å². The van der Waals surface area contributed by atoms with Gasteiger partial charge in [0.1, 0.15) is 4.90 Å². The fraction of sp³-hybridized carbons (Fsp3) is 0.538. The number of likely N-dealkylation sites (N-methyl/N-ethyl adjacent to an activating group) is 1. The maximum absolute atomic E-state index is 12.4. The van der Waals surface area contributed by atoms with Gasteiger partial charge >= 0.3 is 0 Å². The van der Waals surface area contributed by atoms with Crippen molar-refractivity contribution < 1.29 is 13.2 Å². The molecule has 1 aromatic rings. The summed E-state index contributed by atoms with van der Waals surface area (Å²) in [7, 11) is -2.04. The van der Waals surface area contributed by atoms with E-state index in [1.54, 1.807) is 25.1 Å². The summed E-state index contributed by atoms with van der Waals surface area (Å²) < 4.78 is 31.5. The Labute approximate surface area is 115 Å². The molecule has 0 spiro atoms. The van der Waals surface area contributed by atoms with Crippen LogP contribution in [0.1, 0.15) is 19.4 Å². The highest BCUT2D eigenvalue weighted by Crippen LogP contribution is 2.24. The average molecular weight is 286 g/mol. The van der Waals surface area contributed by atoms with Crippen LogP contribution in [0.15, 0.2) is 23.1 Å². The molecule has 0 saturated carbocycles. The predicted molar refractivity (Wildman–Crippen MR) is 76.5 cm³/mol. The molecule has 0 unspecified atom stereocenters. The molecule has 0 saturated heterocycles. The first-order chi connectivity index (χ1) is 8.76. The highest BCUT2D eigenvalue weighted by Gasteiger charge is 2.24. The van der Waals surface area contributed by atoms with E-state index in [1.165, 1.54) is 11.4 Å². The zero-order valence-corrected chi connectivity index (χ0v) is 12.7. The van der Waals surface area contributed by atoms with Gasteiger partial charge in [-0.2, -0.15) is 4.31 Å². The lowest BCUT2D eigenvalue weighted by Crippen LogP contribution is -2.31. The van der Waals surface area contributed by atoms with E-state index < -0.39 is 10.0 Å². The molecule has 2 N–H and O–H groups in total. The highest BCUT2D eigenvalue weighted by molar-refractivity contribution is 7.89. The van der Waals surface area contributed by atoms with Crippen LogP contribution in [0.2, 0.25) is 0 Å². The second-order valence-electron chi connectivity index (χ2n) is 4.74. The van der Waals surface area contributed by atoms with Crippen molar-refractivity contribution in [2.75, 3.05) is 25.9 Å². The topological polar surface area (TPSA) is 72.6 Å². The Morgan fingerprint density at radius 1 is 1.37 bits per heavy atom. The molecule has 1 aromatic carbocycles. The van der Waals surface area contributed by atoms with E-state index in [9.17, 15) is 8.42 Å². The molecule has 0 atom stereocenters. The average Bonchev–Trinajstić information content (AvgIpc) is 2.27. The van der Waals surface area contributed by atoms with Crippen LogP contribution in [0.4, 0.5) is 5.69 Å². The van der Waals surface area contributed by atoms with E-state index in [0.29, 0.717) is 18.7 Å². The number of rotatable bonds is 6. The molecule has 108 valence electrons. The van der Waals surface area contributed by atoms with Crippen LogP contribution in [0, 0.1) is 6.92 Å². The minimum absolute atomic E-state index is 0.0830. The Kier molecular flexibility index (Phi) is 5.34. The molecule has 0 aromatic heterocycles. The Morgan fingerprint density at radius 3 is 2.53 bits per heavy atom. The number of aryl methyl sites for hydroxylation is 1. The van der Waals surface area contributed by atoms with E-state index in [1.807, 2.05) is 13.8 Å². The van der Waals surface area contributed by atoms with Crippen molar-refractivity contribution in [2.24, 2.45) is 0 Å². The standard InChI is InChI=1S/C13H22N2O3S/c1-10(2)18-9-8-15(4)19(16,17)13-11(3)6-5-7-12(13)14/h5-7,10H,8-9,14H2,1-4H3. The van der Waals surface area contributed by atoms with Gasteiger partial charge in [-0.1, -0.05) is 12.1 Å². The summed E-state index contributed by atoms with van der Waals surface area (Å²) in [5.41, 5.74) is 6.71. The fourth-order valence-corrected chi connectivity index (χ4v) is 3.19. The molecule has 0 amide bonds. The molecule has 0 aliphatic heterocycles. The number of benzene rings is 1. The van der Waals surface area contributed by atoms with Gasteiger partial charge in [0.25, 0.3) is 0 Å². The normalized spacial score (nSPS) is 12.3. The Hall–Kier alpha value is -1.11. The Morgan fingerprint density at radius 2 is 2.00 bits per heavy atom. The second kappa shape index (κ2) is 6.36. The van der Waals surface area contributed by atoms with Crippen molar-refractivity contribution in [2.45, 2.75) is 31.8 Å². The van der Waals surface area contributed by atoms with Crippen LogP contribution < -0.4 is 5.73 Å². The predicted octanol–water partition coefficient (Wildman–Crippen LogP) is 1.62. The van der Waals surface area contributed by atoms with Crippen LogP contribution in [0.3, 0.4) is 0 Å². The smallest absolute Gasteiger partial charge is 0.245 e. The zero-order valence-electron chi connectivity index (χ0n) is 11.9. The van der Waals surface area contributed by atoms with Crippen LogP contribution in [-0.2, 0) is 14.8 Å². The molecule has 0 fully saturated rings. The Balaban J connectivity index is 2.91. The summed E-state index contributed by atoms with van der Waals surface area (Å²) >= 11 is 0. The van der Waals surface area contributed by atoms with E-state index in [0.717, 1.165) is 0 Å². The van der Waals surface area contributed by atoms with Gasteiger partial charge in [0, 0.05) is 13.6 Å². The van der Waals surface area contributed by atoms with Gasteiger partial charge in [0.2, 0.25) is 10.0 Å². The van der Waals surface area contributed by atoms with E-state index in [-0.39, 0.29) is 16.7 Å². The van der Waals surface area contributed by atoms with Gasteiger partial charge in [-0.25, -0.2) is 8.42 Å². The highest BCUT2D eigenvalue weighted by atomic mass is 32.2. The number of hydrogen-bond acceptors (Lipinski definition) is 4. The lowest BCUT2D eigenvalue weighted by Gasteiger charge is -2.20. The number of ether oxygens (including phenoxy) is 1. The monoisotopic (exact) mass is 286 g/mol. The third-order valence-corrected chi connectivity index (χ3v) is 4.84. The maximum Gasteiger partial charge on any atom is 0.245 e. The van der Waals surface area contributed by atoms with Crippen molar-refractivity contribution in [1.29, 1.82) is 0 Å². The third-order valence-electron chi connectivity index (χ3n) is 2.77. The van der Waals surface area contributed by atoms with E-state index >= 15 is 0 Å². The SMILES string of the molecule is Cc1cccc(N)c1S(=O)(=O)N(C)CCOC(C)C. The maximum atomic E-state index is 12.4. The number of sulfonamides is 1. The van der Waals surface area contributed by atoms with Gasteiger partial charge in [-0.3, -0.25) is 0 Å². The van der Waals surface area contributed by atoms with Crippen molar-refractivity contribution in [1.82, 2.24) is 4.31 Å². The molecular formula is C13H22N2O3S. The van der Waals surface area contributed by atoms with Crippen molar-refractivity contribution in [3.63, 3.8) is 0 Å². The van der Waals surface area contributed by atoms with Gasteiger partial charge in [0.05, 0.1) is 18.4 Å². The molecule has 5 nitrogen and oxygen atoms in total. The first-order valence-electron chi connectivity index (χ1n) is 6.20. The molecule has 0 bridgehead atoms. The minimum atomic E-state index is -3.57. The summed E-state index contributed by atoms with van der Waals surface area (Å²) in [6.07, 6.45) is 0.0830. The van der Waals surface area contributed by atoms with Crippen LogP contribution >= 0.6 is 0 Å². The molecule has 1 rings (SSSR count). The summed E-state index contributed by atoms with van der Waals surface area (Å²) in [5, 5.41) is 0. The summed E-state index contributed by atoms with van der Waals surface area (Å²) in [5.74, 6) is 0. The number of nitrogens with two attached hydrogens (primary N) is 1. The molecule has 0 aliphatic rings. The van der Waals surface area contributed by atoms with E-state index in [4.69, 9.17) is 10.5 Å². The largest absolute Gasteiger partial charge is 0.398 e. The van der Waals surface area contributed by atoms with Gasteiger partial charge in [0.15, 0.2) is 0 Å². The zero-order chi connectivity index (χ0) is 14.6. The number of hydrogen-bond donors (Lipinski definition) is 1. The number of anilines is 1. The quantitative estimate of drug-likeness (QED) is 0.807. The third kappa shape index (κ3) is 3.92. The van der Waals surface area contributed by atoms with Crippen LogP contribution in [0.25, 0.3) is 0 Å². The van der Waals surface area contributed by atoms with Crippen molar-refractivity contribution >= 4 is 15.7 Å².